The van der Waals surface area contributed by atoms with Gasteiger partial charge < -0.3 is 32.4 Å². The van der Waals surface area contributed by atoms with Crippen molar-refractivity contribution in [2.75, 3.05) is 29.5 Å². The zero-order valence-corrected chi connectivity index (χ0v) is 42.6. The zero-order chi connectivity index (χ0) is 46.8. The largest absolute Gasteiger partial charge is 0.491 e. The lowest BCUT2D eigenvalue weighted by atomic mass is 9.44. The number of fused-ring (bicyclic) bond motifs is 5. The maximum Gasteiger partial charge on any atom is 0.338 e. The van der Waals surface area contributed by atoms with Crippen LogP contribution < -0.4 is 27.7 Å². The van der Waals surface area contributed by atoms with Gasteiger partial charge >= 0.3 is 5.97 Å². The van der Waals surface area contributed by atoms with Crippen molar-refractivity contribution in [1.29, 1.82) is 0 Å². The first-order valence-electron chi connectivity index (χ1n) is 27.4. The van der Waals surface area contributed by atoms with Gasteiger partial charge in [0.15, 0.2) is 0 Å². The third-order valence-corrected chi connectivity index (χ3v) is 17.6. The van der Waals surface area contributed by atoms with Crippen LogP contribution in [0.3, 0.4) is 0 Å². The number of nitrogens with two attached hydrogens (primary N) is 4. The molecule has 0 heterocycles. The van der Waals surface area contributed by atoms with E-state index in [-0.39, 0.29) is 12.1 Å². The summed E-state index contributed by atoms with van der Waals surface area (Å²) in [5.41, 5.74) is 27.2. The van der Waals surface area contributed by atoms with Crippen molar-refractivity contribution in [2.24, 2.45) is 52.3 Å². The molecule has 0 bridgehead atoms. The van der Waals surface area contributed by atoms with Crippen LogP contribution in [0, 0.1) is 52.3 Å². The Morgan fingerprint density at radius 2 is 1.22 bits per heavy atom. The normalized spacial score (nSPS) is 27.5. The second-order valence-corrected chi connectivity index (χ2v) is 22.8. The van der Waals surface area contributed by atoms with Gasteiger partial charge in [-0.25, -0.2) is 4.79 Å². The predicted octanol–water partition coefficient (Wildman–Crippen LogP) is 16.0. The van der Waals surface area contributed by atoms with E-state index in [4.69, 9.17) is 32.4 Å². The first-order valence-corrected chi connectivity index (χ1v) is 27.4. The maximum absolute atomic E-state index is 12.9. The van der Waals surface area contributed by atoms with E-state index in [1.165, 1.54) is 161 Å². The quantitative estimate of drug-likeness (QED) is 0.0442. The van der Waals surface area contributed by atoms with Gasteiger partial charge in [0.25, 0.3) is 0 Å². The Morgan fingerprint density at radius 3 is 1.82 bits per heavy atom. The molecule has 2 aromatic rings. The van der Waals surface area contributed by atoms with Crippen LogP contribution in [0.25, 0.3) is 0 Å². The molecule has 4 unspecified atom stereocenters. The number of rotatable bonds is 25. The number of anilines is 4. The molecule has 4 aliphatic carbocycles. The molecular formula is C58H98N4O3. The van der Waals surface area contributed by atoms with Crippen molar-refractivity contribution >= 4 is 28.7 Å². The zero-order valence-electron chi connectivity index (χ0n) is 42.6. The van der Waals surface area contributed by atoms with Crippen molar-refractivity contribution in [3.05, 3.63) is 42.0 Å². The third-order valence-electron chi connectivity index (χ3n) is 17.6. The highest BCUT2D eigenvalue weighted by molar-refractivity contribution is 5.91. The fourth-order valence-electron chi connectivity index (χ4n) is 13.9. The highest BCUT2D eigenvalue weighted by Gasteiger charge is 2.60. The minimum atomic E-state index is -0.278. The Hall–Kier alpha value is -3.09. The van der Waals surface area contributed by atoms with Crippen molar-refractivity contribution < 1.29 is 14.3 Å². The van der Waals surface area contributed by atoms with Crippen LogP contribution in [-0.2, 0) is 4.74 Å². The summed E-state index contributed by atoms with van der Waals surface area (Å²) in [6.07, 6.45) is 38.0. The van der Waals surface area contributed by atoms with E-state index in [0.29, 0.717) is 45.1 Å². The Morgan fingerprint density at radius 1 is 0.631 bits per heavy atom. The molecule has 0 radical (unpaired) electrons. The molecule has 2 aromatic carbocycles. The number of carbonyl (C=O) groups is 1. The molecule has 0 amide bonds. The number of hydrogen-bond donors (Lipinski definition) is 4. The lowest BCUT2D eigenvalue weighted by molar-refractivity contribution is -0.130. The summed E-state index contributed by atoms with van der Waals surface area (Å²) < 4.78 is 11.8. The molecule has 0 aliphatic heterocycles. The third kappa shape index (κ3) is 15.5. The van der Waals surface area contributed by atoms with Gasteiger partial charge in [0.05, 0.1) is 17.9 Å². The molecule has 65 heavy (non-hydrogen) atoms. The molecule has 7 heteroatoms. The van der Waals surface area contributed by atoms with Gasteiger partial charge in [-0.1, -0.05) is 157 Å². The van der Waals surface area contributed by atoms with E-state index in [1.54, 1.807) is 24.3 Å². The summed E-state index contributed by atoms with van der Waals surface area (Å²) in [7, 11) is 0. The van der Waals surface area contributed by atoms with E-state index in [2.05, 4.69) is 41.5 Å². The Kier molecular flexibility index (Phi) is 21.5. The van der Waals surface area contributed by atoms with Gasteiger partial charge in [-0.2, -0.15) is 0 Å². The summed E-state index contributed by atoms with van der Waals surface area (Å²) >= 11 is 0. The maximum atomic E-state index is 12.9. The first-order chi connectivity index (χ1) is 31.2. The van der Waals surface area contributed by atoms with Crippen LogP contribution in [0.4, 0.5) is 22.7 Å². The molecule has 4 aliphatic rings. The van der Waals surface area contributed by atoms with E-state index in [9.17, 15) is 4.79 Å². The van der Waals surface area contributed by atoms with Gasteiger partial charge in [-0.15, -0.1) is 0 Å². The second kappa shape index (κ2) is 26.5. The molecule has 0 saturated heterocycles. The number of esters is 1. The van der Waals surface area contributed by atoms with Crippen molar-refractivity contribution in [1.82, 2.24) is 0 Å². The highest BCUT2D eigenvalue weighted by atomic mass is 16.5. The fourth-order valence-corrected chi connectivity index (χ4v) is 13.9. The molecule has 4 saturated carbocycles. The van der Waals surface area contributed by atoms with Crippen molar-refractivity contribution in [3.8, 4) is 5.75 Å². The van der Waals surface area contributed by atoms with Gasteiger partial charge in [-0.05, 0) is 153 Å². The average molecular weight is 899 g/mol. The minimum Gasteiger partial charge on any atom is -0.491 e. The van der Waals surface area contributed by atoms with Crippen LogP contribution in [-0.4, -0.2) is 18.7 Å². The van der Waals surface area contributed by atoms with Gasteiger partial charge in [0.1, 0.15) is 11.9 Å². The standard InChI is InChI=1S/C34H54N2O2.C24H44N2O/c1-21(2)7-6-8-22(3)29-11-12-30-28-10-9-24-19-27(38-32(37)23-17-25(35)20-26(36)18-23)13-15-33(24,4)31(28)14-16-34(29,30)5;1-2-3-4-5-6-7-8-9-10-11-12-13-14-15-16-17-20-27-24-19-18-22(25)21-23(24)26/h17-18,20-22,24,27-31H,6-16,19,35-36H2,1-5H3;18-19,21H,2-17,20,25-26H2,1H3/t22?,24?,27-,28?,29?,30-,31-,33-,34+;/m0./s1. The Labute approximate surface area is 398 Å². The number of hydrogen-bond acceptors (Lipinski definition) is 7. The molecule has 368 valence electrons. The van der Waals surface area contributed by atoms with Crippen LogP contribution in [0.15, 0.2) is 36.4 Å². The van der Waals surface area contributed by atoms with Crippen molar-refractivity contribution in [3.63, 3.8) is 0 Å². The van der Waals surface area contributed by atoms with Crippen LogP contribution in [0.1, 0.15) is 232 Å². The molecule has 8 N–H and O–H groups in total. The summed E-state index contributed by atoms with van der Waals surface area (Å²) in [5.74, 6) is 6.42. The average Bonchev–Trinajstić information content (AvgIpc) is 3.62. The molecule has 7 nitrogen and oxygen atoms in total. The van der Waals surface area contributed by atoms with Crippen LogP contribution >= 0.6 is 0 Å². The van der Waals surface area contributed by atoms with E-state index >= 15 is 0 Å². The molecular weight excluding hydrogens is 801 g/mol. The van der Waals surface area contributed by atoms with Crippen LogP contribution in [0.5, 0.6) is 5.75 Å². The SMILES string of the molecule is CC(C)CCCC(C)C1CC[C@H]2C3CCC4C[C@@H](OC(=O)c5cc(N)cc(N)c5)CC[C@]4(C)[C@H]3CC[C@]12C.CCCCCCCCCCCCCCCCCCOc1ccc(N)cc1N. The Bertz CT molecular complexity index is 1680. The van der Waals surface area contributed by atoms with Gasteiger partial charge in [0, 0.05) is 17.1 Å². The summed E-state index contributed by atoms with van der Waals surface area (Å²) in [6, 6.07) is 10.5. The molecule has 9 atom stereocenters. The molecule has 0 spiro atoms. The molecule has 0 aromatic heterocycles. The van der Waals surface area contributed by atoms with Crippen molar-refractivity contribution in [2.45, 2.75) is 227 Å². The summed E-state index contributed by atoms with van der Waals surface area (Å²) in [5, 5.41) is 0. The highest BCUT2D eigenvalue weighted by Crippen LogP contribution is 2.68. The lowest BCUT2D eigenvalue weighted by Crippen LogP contribution is -2.54. The number of ether oxygens (including phenoxy) is 2. The summed E-state index contributed by atoms with van der Waals surface area (Å²) in [6.45, 7) is 15.6. The smallest absolute Gasteiger partial charge is 0.338 e. The van der Waals surface area contributed by atoms with Crippen LogP contribution in [0.2, 0.25) is 0 Å². The van der Waals surface area contributed by atoms with Gasteiger partial charge in [0.2, 0.25) is 0 Å². The number of nitrogen functional groups attached to an aromatic ring is 4. The first kappa shape index (κ1) is 52.9. The predicted molar refractivity (Wildman–Crippen MR) is 278 cm³/mol. The molecule has 6 rings (SSSR count). The Balaban J connectivity index is 0.000000261. The van der Waals surface area contributed by atoms with E-state index in [0.717, 1.165) is 67.1 Å². The number of carbonyl (C=O) groups excluding carboxylic acids is 1. The van der Waals surface area contributed by atoms with Gasteiger partial charge in [-0.3, -0.25) is 0 Å². The summed E-state index contributed by atoms with van der Waals surface area (Å²) in [4.78, 5) is 12.9. The van der Waals surface area contributed by atoms with E-state index in [1.807, 2.05) is 12.1 Å². The lowest BCUT2D eigenvalue weighted by Gasteiger charge is -2.61. The monoisotopic (exact) mass is 899 g/mol. The van der Waals surface area contributed by atoms with E-state index < -0.39 is 0 Å². The molecule has 4 fully saturated rings. The number of benzene rings is 2. The number of unbranched alkanes of at least 4 members (excludes halogenated alkanes) is 15. The fraction of sp³-hybridized carbons (Fsp3) is 0.776. The topological polar surface area (TPSA) is 140 Å². The second-order valence-electron chi connectivity index (χ2n) is 22.8. The minimum absolute atomic E-state index is 0.0104.